The van der Waals surface area contributed by atoms with Crippen molar-refractivity contribution in [3.63, 3.8) is 0 Å². The molecular formula is C45H83NO13. The van der Waals surface area contributed by atoms with Gasteiger partial charge in [-0.15, -0.1) is 0 Å². The highest BCUT2D eigenvalue weighted by molar-refractivity contribution is 5.76. The number of ether oxygens (including phenoxy) is 4. The van der Waals surface area contributed by atoms with Crippen LogP contribution in [0.3, 0.4) is 0 Å². The second-order valence-corrected chi connectivity index (χ2v) is 16.5. The molecule has 2 rings (SSSR count). The molecule has 346 valence electrons. The molecule has 0 aromatic rings. The number of carbonyl (C=O) groups is 1. The maximum Gasteiger partial charge on any atom is 0.220 e. The smallest absolute Gasteiger partial charge is 0.220 e. The predicted octanol–water partition coefficient (Wildman–Crippen LogP) is 4.60. The summed E-state index contributed by atoms with van der Waals surface area (Å²) in [6.07, 6.45) is 16.7. The van der Waals surface area contributed by atoms with E-state index in [9.17, 15) is 45.6 Å². The first-order valence-corrected chi connectivity index (χ1v) is 23.1. The summed E-state index contributed by atoms with van der Waals surface area (Å²) in [4.78, 5) is 13.0. The van der Waals surface area contributed by atoms with Gasteiger partial charge in [-0.3, -0.25) is 4.79 Å². The van der Waals surface area contributed by atoms with Crippen LogP contribution in [0.2, 0.25) is 0 Å². The van der Waals surface area contributed by atoms with Gasteiger partial charge in [-0.25, -0.2) is 0 Å². The molecule has 59 heavy (non-hydrogen) atoms. The van der Waals surface area contributed by atoms with E-state index in [1.54, 1.807) is 6.08 Å². The molecule has 0 bridgehead atoms. The largest absolute Gasteiger partial charge is 0.394 e. The fraction of sp³-hybridized carbons (Fsp3) is 0.889. The lowest BCUT2D eigenvalue weighted by Crippen LogP contribution is -2.65. The van der Waals surface area contributed by atoms with Crippen molar-refractivity contribution >= 4 is 5.91 Å². The summed E-state index contributed by atoms with van der Waals surface area (Å²) in [6.45, 7) is 2.71. The summed E-state index contributed by atoms with van der Waals surface area (Å²) in [6, 6.07) is -0.923. The van der Waals surface area contributed by atoms with Crippen molar-refractivity contribution in [2.75, 3.05) is 19.8 Å². The summed E-state index contributed by atoms with van der Waals surface area (Å²) >= 11 is 0. The minimum atomic E-state index is -1.79. The third-order valence-electron chi connectivity index (χ3n) is 11.4. The Bertz CT molecular complexity index is 1090. The van der Waals surface area contributed by atoms with E-state index >= 15 is 0 Å². The molecule has 2 fully saturated rings. The monoisotopic (exact) mass is 846 g/mol. The van der Waals surface area contributed by atoms with Gasteiger partial charge >= 0.3 is 0 Å². The molecule has 12 atom stereocenters. The summed E-state index contributed by atoms with van der Waals surface area (Å²) < 4.78 is 22.6. The highest BCUT2D eigenvalue weighted by Gasteiger charge is 2.50. The van der Waals surface area contributed by atoms with Gasteiger partial charge in [0, 0.05) is 6.42 Å². The number of aliphatic hydroxyl groups excluding tert-OH is 8. The first-order chi connectivity index (χ1) is 28.6. The molecule has 9 N–H and O–H groups in total. The minimum absolute atomic E-state index is 0.254. The number of unbranched alkanes of at least 4 members (excludes halogenated alkanes) is 19. The molecule has 2 saturated heterocycles. The van der Waals surface area contributed by atoms with Crippen molar-refractivity contribution in [1.82, 2.24) is 5.32 Å². The number of rotatable bonds is 34. The average molecular weight is 846 g/mol. The van der Waals surface area contributed by atoms with Gasteiger partial charge in [-0.05, 0) is 32.1 Å². The maximum atomic E-state index is 13.0. The van der Waals surface area contributed by atoms with Crippen molar-refractivity contribution in [1.29, 1.82) is 0 Å². The van der Waals surface area contributed by atoms with Crippen molar-refractivity contribution in [3.05, 3.63) is 24.3 Å². The van der Waals surface area contributed by atoms with Crippen molar-refractivity contribution in [3.8, 4) is 0 Å². The lowest BCUT2D eigenvalue weighted by molar-refractivity contribution is -0.359. The molecule has 14 nitrogen and oxygen atoms in total. The van der Waals surface area contributed by atoms with Crippen molar-refractivity contribution in [2.24, 2.45) is 0 Å². The van der Waals surface area contributed by atoms with Gasteiger partial charge in [0.15, 0.2) is 12.6 Å². The van der Waals surface area contributed by atoms with Crippen molar-refractivity contribution in [2.45, 2.75) is 235 Å². The topological polar surface area (TPSA) is 228 Å². The van der Waals surface area contributed by atoms with Gasteiger partial charge in [-0.1, -0.05) is 147 Å². The second-order valence-electron chi connectivity index (χ2n) is 16.5. The molecule has 12 unspecified atom stereocenters. The number of allylic oxidation sites excluding steroid dienone is 3. The van der Waals surface area contributed by atoms with Crippen LogP contribution >= 0.6 is 0 Å². The molecule has 0 aliphatic carbocycles. The van der Waals surface area contributed by atoms with Crippen LogP contribution in [0.15, 0.2) is 24.3 Å². The number of nitrogens with one attached hydrogen (secondary N) is 1. The SMILES string of the molecule is CCCCCCCCCCCC/C=C/CC/C=C/C(O)C(COC1OC(CO)C(OC2OC(CO)C(O)C(O)C2O)C(O)C1O)NC(=O)CCCCCCCCCCC. The van der Waals surface area contributed by atoms with Crippen LogP contribution in [0.5, 0.6) is 0 Å². The highest BCUT2D eigenvalue weighted by atomic mass is 16.7. The van der Waals surface area contributed by atoms with E-state index in [-0.39, 0.29) is 18.9 Å². The third kappa shape index (κ3) is 21.4. The number of amides is 1. The fourth-order valence-electron chi connectivity index (χ4n) is 7.54. The first kappa shape index (κ1) is 53.6. The number of hydrogen-bond acceptors (Lipinski definition) is 13. The lowest BCUT2D eigenvalue weighted by Gasteiger charge is -2.46. The number of carbonyl (C=O) groups excluding carboxylic acids is 1. The zero-order valence-electron chi connectivity index (χ0n) is 36.2. The van der Waals surface area contributed by atoms with E-state index in [2.05, 4.69) is 31.3 Å². The molecule has 2 heterocycles. The molecule has 2 aliphatic rings. The van der Waals surface area contributed by atoms with Crippen LogP contribution in [0.1, 0.15) is 162 Å². The van der Waals surface area contributed by atoms with E-state index < -0.39 is 86.8 Å². The van der Waals surface area contributed by atoms with Crippen LogP contribution in [0.25, 0.3) is 0 Å². The molecule has 0 aromatic carbocycles. The van der Waals surface area contributed by atoms with E-state index in [1.165, 1.54) is 96.3 Å². The van der Waals surface area contributed by atoms with Crippen LogP contribution in [-0.2, 0) is 23.7 Å². The fourth-order valence-corrected chi connectivity index (χ4v) is 7.54. The van der Waals surface area contributed by atoms with Crippen molar-refractivity contribution < 1.29 is 64.6 Å². The average Bonchev–Trinajstić information content (AvgIpc) is 3.23. The molecular weight excluding hydrogens is 762 g/mol. The molecule has 0 aromatic heterocycles. The molecule has 14 heteroatoms. The van der Waals surface area contributed by atoms with Crippen LogP contribution in [0.4, 0.5) is 0 Å². The van der Waals surface area contributed by atoms with Gasteiger partial charge < -0.3 is 65.1 Å². The summed E-state index contributed by atoms with van der Waals surface area (Å²) in [5.41, 5.74) is 0. The molecule has 0 radical (unpaired) electrons. The Morgan fingerprint density at radius 3 is 1.66 bits per heavy atom. The third-order valence-corrected chi connectivity index (χ3v) is 11.4. The Labute approximate surface area is 354 Å². The van der Waals surface area contributed by atoms with E-state index in [4.69, 9.17) is 18.9 Å². The minimum Gasteiger partial charge on any atom is -0.394 e. The quantitative estimate of drug-likeness (QED) is 0.0319. The number of aliphatic hydroxyl groups is 8. The molecule has 0 saturated carbocycles. The Kier molecular flexibility index (Phi) is 30.1. The molecule has 2 aliphatic heterocycles. The Balaban J connectivity index is 1.91. The first-order valence-electron chi connectivity index (χ1n) is 23.1. The highest BCUT2D eigenvalue weighted by Crippen LogP contribution is 2.30. The maximum absolute atomic E-state index is 13.0. The molecule has 1 amide bonds. The molecule has 0 spiro atoms. The lowest BCUT2D eigenvalue weighted by atomic mass is 9.97. The van der Waals surface area contributed by atoms with Crippen LogP contribution in [0, 0.1) is 0 Å². The predicted molar refractivity (Wildman–Crippen MR) is 226 cm³/mol. The summed E-state index contributed by atoms with van der Waals surface area (Å²) in [5.74, 6) is -0.254. The summed E-state index contributed by atoms with van der Waals surface area (Å²) in [7, 11) is 0. The van der Waals surface area contributed by atoms with E-state index in [0.29, 0.717) is 12.8 Å². The van der Waals surface area contributed by atoms with Gasteiger partial charge in [0.25, 0.3) is 0 Å². The normalized spacial score (nSPS) is 28.7. The Hall–Kier alpha value is -1.53. The number of hydrogen-bond donors (Lipinski definition) is 9. The van der Waals surface area contributed by atoms with Gasteiger partial charge in [-0.2, -0.15) is 0 Å². The zero-order valence-corrected chi connectivity index (χ0v) is 36.2. The van der Waals surface area contributed by atoms with Gasteiger partial charge in [0.2, 0.25) is 5.91 Å². The Morgan fingerprint density at radius 1 is 0.593 bits per heavy atom. The standard InChI is InChI=1S/C45H83NO13/c1-3-5-7-9-11-13-14-15-16-17-18-19-21-22-24-26-28-34(49)33(46-37(50)29-27-25-23-20-12-10-8-6-4-2)32-56-44-42(55)40(53)43(36(31-48)58-44)59-45-41(54)39(52)38(51)35(30-47)57-45/h19,21,26,28,33-36,38-45,47-49,51-55H,3-18,20,22-25,27,29-32H2,1-2H3,(H,46,50)/b21-19+,28-26+. The van der Waals surface area contributed by atoms with Crippen LogP contribution in [-0.4, -0.2) is 140 Å². The van der Waals surface area contributed by atoms with E-state index in [0.717, 1.165) is 32.1 Å². The van der Waals surface area contributed by atoms with Gasteiger partial charge in [0.1, 0.15) is 48.8 Å². The van der Waals surface area contributed by atoms with Crippen LogP contribution < -0.4 is 5.32 Å². The Morgan fingerprint density at radius 2 is 1.08 bits per heavy atom. The van der Waals surface area contributed by atoms with Gasteiger partial charge in [0.05, 0.1) is 32.0 Å². The van der Waals surface area contributed by atoms with E-state index in [1.807, 2.05) is 6.08 Å². The second kappa shape index (κ2) is 33.1. The summed E-state index contributed by atoms with van der Waals surface area (Å²) in [5, 5.41) is 86.3. The zero-order chi connectivity index (χ0) is 43.3.